The van der Waals surface area contributed by atoms with E-state index in [0.29, 0.717) is 0 Å². The van der Waals surface area contributed by atoms with Crippen molar-refractivity contribution in [3.63, 3.8) is 0 Å². The first-order valence-corrected chi connectivity index (χ1v) is 16.9. The van der Waals surface area contributed by atoms with Gasteiger partial charge in [0.15, 0.2) is 0 Å². The van der Waals surface area contributed by atoms with E-state index in [1.165, 1.54) is 0 Å². The van der Waals surface area contributed by atoms with Crippen LogP contribution in [-0.2, 0) is 0 Å². The molecule has 0 spiro atoms. The molecule has 5 heterocycles. The van der Waals surface area contributed by atoms with Crippen LogP contribution in [0.15, 0.2) is 176 Å². The number of aromatic nitrogens is 5. The average molecular weight is 656 g/mol. The summed E-state index contributed by atoms with van der Waals surface area (Å²) in [5.74, 6) is 3.10. The summed E-state index contributed by atoms with van der Waals surface area (Å²) in [7, 11) is 0. The van der Waals surface area contributed by atoms with Gasteiger partial charge in [-0.2, -0.15) is 0 Å². The van der Waals surface area contributed by atoms with Gasteiger partial charge in [0.1, 0.15) is 28.8 Å². The lowest BCUT2D eigenvalue weighted by Crippen LogP contribution is -1.98. The maximum atomic E-state index is 6.63. The fourth-order valence-electron chi connectivity index (χ4n) is 7.16. The van der Waals surface area contributed by atoms with Crippen LogP contribution in [0.5, 0.6) is 11.5 Å². The van der Waals surface area contributed by atoms with Gasteiger partial charge >= 0.3 is 0 Å². The summed E-state index contributed by atoms with van der Waals surface area (Å²) in [6.45, 7) is 0. The summed E-state index contributed by atoms with van der Waals surface area (Å²) < 4.78 is 11.0. The van der Waals surface area contributed by atoms with Crippen molar-refractivity contribution >= 4 is 43.7 Å². The van der Waals surface area contributed by atoms with Crippen LogP contribution in [0.2, 0.25) is 0 Å². The lowest BCUT2D eigenvalue weighted by atomic mass is 10.1. The summed E-state index contributed by atoms with van der Waals surface area (Å²) in [4.78, 5) is 14.6. The van der Waals surface area contributed by atoms with Gasteiger partial charge in [0, 0.05) is 63.4 Å². The zero-order valence-corrected chi connectivity index (χ0v) is 27.4. The van der Waals surface area contributed by atoms with Crippen LogP contribution in [0, 0.1) is 0 Å². The van der Waals surface area contributed by atoms with Crippen molar-refractivity contribution < 1.29 is 4.74 Å². The Morgan fingerprint density at radius 1 is 0.373 bits per heavy atom. The van der Waals surface area contributed by atoms with Crippen LogP contribution in [0.1, 0.15) is 0 Å². The predicted octanol–water partition coefficient (Wildman–Crippen LogP) is 11.2. The number of nitrogens with zero attached hydrogens (tertiary/aromatic N) is 5. The van der Waals surface area contributed by atoms with Gasteiger partial charge in [-0.15, -0.1) is 0 Å². The summed E-state index contributed by atoms with van der Waals surface area (Å²) in [6.07, 6.45) is 5.69. The molecule has 0 aliphatic heterocycles. The van der Waals surface area contributed by atoms with Gasteiger partial charge in [-0.3, -0.25) is 9.13 Å². The molecule has 0 radical (unpaired) electrons. The van der Waals surface area contributed by atoms with E-state index < -0.39 is 0 Å². The van der Waals surface area contributed by atoms with E-state index in [9.17, 15) is 0 Å². The minimum atomic E-state index is 0.722. The second-order valence-electron chi connectivity index (χ2n) is 12.6. The summed E-state index contributed by atoms with van der Waals surface area (Å²) in [6, 6.07) is 54.0. The molecule has 0 aliphatic carbocycles. The standard InChI is InChI=1S/C45H29N5O/c1-3-10-30(11-4-1)32-17-23-43(47-28-32)49-40-16-8-7-14-36(40)37-21-19-34(26-41(37)49)51-35-20-22-38-39-15-9-25-46-45(39)50(42(38)27-35)44-24-18-33(29-48-44)31-12-5-2-6-13-31/h1-29H. The Balaban J connectivity index is 1.06. The van der Waals surface area contributed by atoms with Crippen molar-refractivity contribution in [1.82, 2.24) is 24.1 Å². The molecule has 5 aromatic heterocycles. The highest BCUT2D eigenvalue weighted by molar-refractivity contribution is 6.10. The Hall–Kier alpha value is -7.05. The van der Waals surface area contributed by atoms with Crippen molar-refractivity contribution in [2.45, 2.75) is 0 Å². The molecule has 0 atom stereocenters. The smallest absolute Gasteiger partial charge is 0.146 e. The van der Waals surface area contributed by atoms with Gasteiger partial charge in [0.2, 0.25) is 0 Å². The Kier molecular flexibility index (Phi) is 6.70. The first-order valence-electron chi connectivity index (χ1n) is 16.9. The third-order valence-corrected chi connectivity index (χ3v) is 9.55. The summed E-state index contributed by atoms with van der Waals surface area (Å²) in [5.41, 5.74) is 8.34. The third-order valence-electron chi connectivity index (χ3n) is 9.55. The van der Waals surface area contributed by atoms with Crippen LogP contribution in [0.4, 0.5) is 0 Å². The number of hydrogen-bond acceptors (Lipinski definition) is 4. The van der Waals surface area contributed by atoms with Crippen LogP contribution in [0.25, 0.3) is 77.6 Å². The quantitative estimate of drug-likeness (QED) is 0.179. The largest absolute Gasteiger partial charge is 0.457 e. The molecular weight excluding hydrogens is 627 g/mol. The molecule has 6 nitrogen and oxygen atoms in total. The molecule has 0 bridgehead atoms. The predicted molar refractivity (Wildman–Crippen MR) is 206 cm³/mol. The fraction of sp³-hybridized carbons (Fsp3) is 0. The highest BCUT2D eigenvalue weighted by Crippen LogP contribution is 2.37. The maximum Gasteiger partial charge on any atom is 0.146 e. The minimum Gasteiger partial charge on any atom is -0.457 e. The van der Waals surface area contributed by atoms with Gasteiger partial charge in [-0.25, -0.2) is 15.0 Å². The fourth-order valence-corrected chi connectivity index (χ4v) is 7.16. The van der Waals surface area contributed by atoms with Crippen LogP contribution < -0.4 is 4.74 Å². The SMILES string of the molecule is c1ccc(-c2ccc(-n3c4ccccc4c4ccc(Oc5ccc6c7cccnc7n(-c7ccc(-c8ccccc8)cn7)c6c5)cc43)nc2)cc1. The van der Waals surface area contributed by atoms with E-state index in [1.807, 2.05) is 73.2 Å². The highest BCUT2D eigenvalue weighted by atomic mass is 16.5. The maximum absolute atomic E-state index is 6.63. The zero-order valence-electron chi connectivity index (χ0n) is 27.4. The highest BCUT2D eigenvalue weighted by Gasteiger charge is 2.17. The summed E-state index contributed by atoms with van der Waals surface area (Å²) in [5, 5.41) is 4.44. The van der Waals surface area contributed by atoms with E-state index in [0.717, 1.165) is 89.1 Å². The van der Waals surface area contributed by atoms with E-state index in [2.05, 4.69) is 112 Å². The van der Waals surface area contributed by atoms with E-state index in [-0.39, 0.29) is 0 Å². The number of ether oxygens (including phenoxy) is 1. The second-order valence-corrected chi connectivity index (χ2v) is 12.6. The lowest BCUT2D eigenvalue weighted by Gasteiger charge is -2.11. The van der Waals surface area contributed by atoms with Crippen LogP contribution in [0.3, 0.4) is 0 Å². The lowest BCUT2D eigenvalue weighted by molar-refractivity contribution is 0.484. The molecule has 0 amide bonds. The van der Waals surface area contributed by atoms with Crippen molar-refractivity contribution in [3.8, 4) is 45.4 Å². The molecule has 0 saturated carbocycles. The van der Waals surface area contributed by atoms with Crippen molar-refractivity contribution in [2.75, 3.05) is 0 Å². The number of para-hydroxylation sites is 1. The first kappa shape index (κ1) is 28.9. The molecule has 240 valence electrons. The van der Waals surface area contributed by atoms with E-state index in [1.54, 1.807) is 0 Å². The molecule has 10 aromatic rings. The monoisotopic (exact) mass is 655 g/mol. The molecule has 0 fully saturated rings. The molecule has 5 aromatic carbocycles. The molecule has 6 heteroatoms. The molecule has 0 unspecified atom stereocenters. The van der Waals surface area contributed by atoms with Crippen molar-refractivity contribution in [3.05, 3.63) is 176 Å². The van der Waals surface area contributed by atoms with E-state index in [4.69, 9.17) is 19.7 Å². The van der Waals surface area contributed by atoms with Crippen LogP contribution >= 0.6 is 0 Å². The number of rotatable bonds is 6. The first-order chi connectivity index (χ1) is 25.3. The van der Waals surface area contributed by atoms with Crippen molar-refractivity contribution in [2.24, 2.45) is 0 Å². The molecular formula is C45H29N5O. The summed E-state index contributed by atoms with van der Waals surface area (Å²) >= 11 is 0. The second kappa shape index (κ2) is 11.8. The Morgan fingerprint density at radius 2 is 0.902 bits per heavy atom. The molecule has 10 rings (SSSR count). The molecule has 0 N–H and O–H groups in total. The third kappa shape index (κ3) is 4.92. The average Bonchev–Trinajstić information content (AvgIpc) is 3.71. The van der Waals surface area contributed by atoms with E-state index >= 15 is 0 Å². The van der Waals surface area contributed by atoms with Crippen LogP contribution in [-0.4, -0.2) is 24.1 Å². The van der Waals surface area contributed by atoms with Gasteiger partial charge in [0.05, 0.1) is 16.6 Å². The number of benzene rings is 5. The van der Waals surface area contributed by atoms with Crippen molar-refractivity contribution in [1.29, 1.82) is 0 Å². The number of pyridine rings is 3. The van der Waals surface area contributed by atoms with Gasteiger partial charge in [-0.05, 0) is 77.9 Å². The van der Waals surface area contributed by atoms with Gasteiger partial charge in [0.25, 0.3) is 0 Å². The zero-order chi connectivity index (χ0) is 33.7. The molecule has 51 heavy (non-hydrogen) atoms. The molecule has 0 aliphatic rings. The molecule has 0 saturated heterocycles. The number of hydrogen-bond donors (Lipinski definition) is 0. The topological polar surface area (TPSA) is 57.8 Å². The minimum absolute atomic E-state index is 0.722. The van der Waals surface area contributed by atoms with Gasteiger partial charge < -0.3 is 4.74 Å². The Labute approximate surface area is 293 Å². The Morgan fingerprint density at radius 3 is 1.53 bits per heavy atom. The number of fused-ring (bicyclic) bond motifs is 6. The Bertz CT molecular complexity index is 2660. The normalized spacial score (nSPS) is 11.5. The van der Waals surface area contributed by atoms with Gasteiger partial charge in [-0.1, -0.05) is 78.9 Å².